The number of halogens is 1. The number of ether oxygens (including phenoxy) is 1. The molecule has 7 heteroatoms. The molecule has 2 aromatic rings. The molecule has 0 aliphatic carbocycles. The van der Waals surface area contributed by atoms with E-state index >= 15 is 0 Å². The molecule has 2 aromatic heterocycles. The molecule has 1 saturated heterocycles. The maximum atomic E-state index is 5.90. The van der Waals surface area contributed by atoms with Crippen molar-refractivity contribution in [2.75, 3.05) is 18.5 Å². The van der Waals surface area contributed by atoms with E-state index < -0.39 is 0 Å². The van der Waals surface area contributed by atoms with Gasteiger partial charge in [0, 0.05) is 12.7 Å². The van der Waals surface area contributed by atoms with Crippen LogP contribution in [0.1, 0.15) is 6.42 Å². The Morgan fingerprint density at radius 2 is 2.50 bits per heavy atom. The Balaban J connectivity index is 1.97. The van der Waals surface area contributed by atoms with E-state index in [0.29, 0.717) is 23.6 Å². The van der Waals surface area contributed by atoms with Gasteiger partial charge in [-0.3, -0.25) is 0 Å². The Labute approximate surface area is 96.6 Å². The summed E-state index contributed by atoms with van der Waals surface area (Å²) in [7, 11) is 0. The minimum absolute atomic E-state index is 0.297. The summed E-state index contributed by atoms with van der Waals surface area (Å²) in [4.78, 5) is 8.05. The maximum Gasteiger partial charge on any atom is 0.255 e. The number of fused-ring (bicyclic) bond motifs is 1. The molecular weight excluding hydrogens is 230 g/mol. The molecule has 0 aromatic carbocycles. The zero-order chi connectivity index (χ0) is 11.0. The van der Waals surface area contributed by atoms with Crippen molar-refractivity contribution in [2.45, 2.75) is 12.5 Å². The number of hydrogen-bond acceptors (Lipinski definition) is 5. The van der Waals surface area contributed by atoms with Crippen molar-refractivity contribution in [1.82, 2.24) is 19.6 Å². The SMILES string of the molecule is Clc1cc(NC2CCOC2)n2ncnc2n1. The summed E-state index contributed by atoms with van der Waals surface area (Å²) in [5.41, 5.74) is 0. The van der Waals surface area contributed by atoms with Crippen LogP contribution in [0, 0.1) is 0 Å². The zero-order valence-corrected chi connectivity index (χ0v) is 9.18. The fourth-order valence-corrected chi connectivity index (χ4v) is 1.92. The Kier molecular flexibility index (Phi) is 2.37. The second-order valence-electron chi connectivity index (χ2n) is 3.64. The maximum absolute atomic E-state index is 5.90. The molecule has 0 saturated carbocycles. The molecule has 1 N–H and O–H groups in total. The van der Waals surface area contributed by atoms with E-state index in [2.05, 4.69) is 20.4 Å². The molecule has 1 aliphatic heterocycles. The van der Waals surface area contributed by atoms with Crippen LogP contribution in [0.15, 0.2) is 12.4 Å². The standard InChI is InChI=1S/C9H10ClN5O/c10-7-3-8(13-6-1-2-16-4-6)15-9(14-7)11-5-12-15/h3,5-6,13H,1-2,4H2. The molecule has 16 heavy (non-hydrogen) atoms. The van der Waals surface area contributed by atoms with Crippen molar-refractivity contribution < 1.29 is 4.74 Å². The minimum atomic E-state index is 0.297. The topological polar surface area (TPSA) is 64.3 Å². The third-order valence-electron chi connectivity index (χ3n) is 2.50. The van der Waals surface area contributed by atoms with Gasteiger partial charge in [0.1, 0.15) is 17.3 Å². The van der Waals surface area contributed by atoms with Crippen LogP contribution >= 0.6 is 11.6 Å². The quantitative estimate of drug-likeness (QED) is 0.792. The lowest BCUT2D eigenvalue weighted by Crippen LogP contribution is -2.21. The third-order valence-corrected chi connectivity index (χ3v) is 2.70. The number of nitrogens with one attached hydrogen (secondary N) is 1. The first-order valence-corrected chi connectivity index (χ1v) is 5.41. The van der Waals surface area contributed by atoms with Crippen molar-refractivity contribution in [1.29, 1.82) is 0 Å². The Morgan fingerprint density at radius 1 is 1.56 bits per heavy atom. The number of hydrogen-bond donors (Lipinski definition) is 1. The molecule has 0 spiro atoms. The van der Waals surface area contributed by atoms with E-state index in [4.69, 9.17) is 16.3 Å². The molecule has 1 atom stereocenters. The van der Waals surface area contributed by atoms with Gasteiger partial charge in [-0.25, -0.2) is 0 Å². The van der Waals surface area contributed by atoms with E-state index in [0.717, 1.165) is 18.8 Å². The average molecular weight is 240 g/mol. The van der Waals surface area contributed by atoms with Crippen molar-refractivity contribution in [3.63, 3.8) is 0 Å². The summed E-state index contributed by atoms with van der Waals surface area (Å²) in [6.07, 6.45) is 2.44. The first kappa shape index (κ1) is 9.80. The van der Waals surface area contributed by atoms with Crippen molar-refractivity contribution in [2.24, 2.45) is 0 Å². The number of aromatic nitrogens is 4. The molecular formula is C9H10ClN5O. The van der Waals surface area contributed by atoms with Crippen LogP contribution in [0.5, 0.6) is 0 Å². The van der Waals surface area contributed by atoms with Crippen molar-refractivity contribution >= 4 is 23.2 Å². The van der Waals surface area contributed by atoms with E-state index in [1.165, 1.54) is 6.33 Å². The molecule has 1 fully saturated rings. The Morgan fingerprint density at radius 3 is 3.31 bits per heavy atom. The van der Waals surface area contributed by atoms with Gasteiger partial charge in [-0.2, -0.15) is 19.6 Å². The highest BCUT2D eigenvalue weighted by Gasteiger charge is 2.17. The summed E-state index contributed by atoms with van der Waals surface area (Å²) >= 11 is 5.90. The van der Waals surface area contributed by atoms with Gasteiger partial charge in [-0.05, 0) is 6.42 Å². The number of anilines is 1. The van der Waals surface area contributed by atoms with Gasteiger partial charge < -0.3 is 10.1 Å². The predicted octanol–water partition coefficient (Wildman–Crippen LogP) is 0.978. The first-order valence-electron chi connectivity index (χ1n) is 5.03. The van der Waals surface area contributed by atoms with Crippen LogP contribution in [-0.4, -0.2) is 38.8 Å². The van der Waals surface area contributed by atoms with Crippen LogP contribution in [0.2, 0.25) is 5.15 Å². The van der Waals surface area contributed by atoms with Gasteiger partial charge in [-0.1, -0.05) is 11.6 Å². The third kappa shape index (κ3) is 1.70. The lowest BCUT2D eigenvalue weighted by Gasteiger charge is -2.12. The molecule has 0 radical (unpaired) electrons. The van der Waals surface area contributed by atoms with Crippen molar-refractivity contribution in [3.05, 3.63) is 17.5 Å². The van der Waals surface area contributed by atoms with Gasteiger partial charge in [0.25, 0.3) is 5.78 Å². The predicted molar refractivity (Wildman–Crippen MR) is 58.6 cm³/mol. The lowest BCUT2D eigenvalue weighted by molar-refractivity contribution is 0.195. The molecule has 1 unspecified atom stereocenters. The highest BCUT2D eigenvalue weighted by Crippen LogP contribution is 2.17. The van der Waals surface area contributed by atoms with Gasteiger partial charge in [0.05, 0.1) is 12.6 Å². The van der Waals surface area contributed by atoms with E-state index in [9.17, 15) is 0 Å². The molecule has 3 heterocycles. The zero-order valence-electron chi connectivity index (χ0n) is 8.43. The summed E-state index contributed by atoms with van der Waals surface area (Å²) in [6, 6.07) is 2.03. The molecule has 3 rings (SSSR count). The largest absolute Gasteiger partial charge is 0.379 e. The normalized spacial score (nSPS) is 20.4. The smallest absolute Gasteiger partial charge is 0.255 e. The van der Waals surface area contributed by atoms with Gasteiger partial charge in [0.15, 0.2) is 0 Å². The molecule has 0 amide bonds. The molecule has 84 valence electrons. The highest BCUT2D eigenvalue weighted by atomic mass is 35.5. The van der Waals surface area contributed by atoms with Crippen LogP contribution in [0.3, 0.4) is 0 Å². The second-order valence-corrected chi connectivity index (χ2v) is 4.03. The van der Waals surface area contributed by atoms with Crippen molar-refractivity contribution in [3.8, 4) is 0 Å². The van der Waals surface area contributed by atoms with E-state index in [1.54, 1.807) is 10.6 Å². The van der Waals surface area contributed by atoms with Crippen LogP contribution in [-0.2, 0) is 4.74 Å². The van der Waals surface area contributed by atoms with E-state index in [1.807, 2.05) is 0 Å². The minimum Gasteiger partial charge on any atom is -0.379 e. The van der Waals surface area contributed by atoms with Gasteiger partial charge in [0.2, 0.25) is 0 Å². The Bertz CT molecular complexity index is 508. The lowest BCUT2D eigenvalue weighted by atomic mass is 10.2. The fraction of sp³-hybridized carbons (Fsp3) is 0.444. The summed E-state index contributed by atoms with van der Waals surface area (Å²) < 4.78 is 6.93. The van der Waals surface area contributed by atoms with Crippen LogP contribution in [0.25, 0.3) is 5.78 Å². The molecule has 6 nitrogen and oxygen atoms in total. The van der Waals surface area contributed by atoms with Gasteiger partial charge >= 0.3 is 0 Å². The van der Waals surface area contributed by atoms with Gasteiger partial charge in [-0.15, -0.1) is 0 Å². The molecule has 1 aliphatic rings. The number of rotatable bonds is 2. The van der Waals surface area contributed by atoms with Crippen LogP contribution in [0.4, 0.5) is 5.82 Å². The average Bonchev–Trinajstić information content (AvgIpc) is 2.87. The first-order chi connectivity index (χ1) is 7.83. The summed E-state index contributed by atoms with van der Waals surface area (Å²) in [5.74, 6) is 1.29. The van der Waals surface area contributed by atoms with E-state index in [-0.39, 0.29) is 0 Å². The molecule has 0 bridgehead atoms. The summed E-state index contributed by atoms with van der Waals surface area (Å²) in [6.45, 7) is 1.49. The number of nitrogens with zero attached hydrogens (tertiary/aromatic N) is 4. The monoisotopic (exact) mass is 239 g/mol. The summed E-state index contributed by atoms with van der Waals surface area (Å²) in [5, 5.41) is 7.81. The highest BCUT2D eigenvalue weighted by molar-refractivity contribution is 6.29. The second kappa shape index (κ2) is 3.88. The fourth-order valence-electron chi connectivity index (χ4n) is 1.74. The Hall–Kier alpha value is -1.40. The van der Waals surface area contributed by atoms with Crippen LogP contribution < -0.4 is 5.32 Å².